The molecule has 3 aromatic rings. The second-order valence-corrected chi connectivity index (χ2v) is 6.71. The first-order valence-corrected chi connectivity index (χ1v) is 9.00. The molecule has 0 radical (unpaired) electrons. The van der Waals surface area contributed by atoms with Gasteiger partial charge >= 0.3 is 5.97 Å². The van der Waals surface area contributed by atoms with E-state index in [1.807, 2.05) is 24.5 Å². The van der Waals surface area contributed by atoms with Crippen LogP contribution in [0.25, 0.3) is 11.9 Å². The van der Waals surface area contributed by atoms with E-state index in [1.54, 1.807) is 43.3 Å². The van der Waals surface area contributed by atoms with Gasteiger partial charge in [-0.25, -0.2) is 4.79 Å². The number of ether oxygens (including phenoxy) is 1. The lowest BCUT2D eigenvalue weighted by Gasteiger charge is -2.05. The van der Waals surface area contributed by atoms with E-state index in [2.05, 4.69) is 5.16 Å². The Morgan fingerprint density at radius 3 is 2.64 bits per heavy atom. The fourth-order valence-corrected chi connectivity index (χ4v) is 3.09. The summed E-state index contributed by atoms with van der Waals surface area (Å²) in [6, 6.07) is 10.6. The summed E-state index contributed by atoms with van der Waals surface area (Å²) >= 11 is 6.03. The summed E-state index contributed by atoms with van der Waals surface area (Å²) in [4.78, 5) is 24.4. The maximum Gasteiger partial charge on any atom is 0.331 e. The average molecular weight is 399 g/mol. The number of halogens is 1. The minimum atomic E-state index is -0.616. The van der Waals surface area contributed by atoms with Crippen molar-refractivity contribution >= 4 is 29.4 Å². The van der Waals surface area contributed by atoms with Crippen molar-refractivity contribution in [2.75, 3.05) is 6.61 Å². The van der Waals surface area contributed by atoms with Gasteiger partial charge in [0, 0.05) is 34.1 Å². The number of aromatic nitrogens is 2. The van der Waals surface area contributed by atoms with Gasteiger partial charge < -0.3 is 9.26 Å². The zero-order chi connectivity index (χ0) is 20.3. The van der Waals surface area contributed by atoms with Crippen molar-refractivity contribution in [2.24, 2.45) is 0 Å². The Bertz CT molecular complexity index is 1060. The molecule has 0 amide bonds. The Morgan fingerprint density at radius 2 is 1.96 bits per heavy atom. The fraction of sp³-hybridized carbons (Fsp3) is 0.190. The first kappa shape index (κ1) is 19.6. The van der Waals surface area contributed by atoms with Crippen molar-refractivity contribution in [3.05, 3.63) is 75.8 Å². The quantitative estimate of drug-likeness (QED) is 0.347. The van der Waals surface area contributed by atoms with Gasteiger partial charge in [-0.1, -0.05) is 35.0 Å². The molecule has 2 aromatic heterocycles. The van der Waals surface area contributed by atoms with Crippen molar-refractivity contribution in [1.82, 2.24) is 9.72 Å². The van der Waals surface area contributed by atoms with Gasteiger partial charge in [0.15, 0.2) is 12.4 Å². The van der Waals surface area contributed by atoms with Crippen LogP contribution in [0, 0.1) is 20.8 Å². The Labute approximate surface area is 167 Å². The Balaban J connectivity index is 1.67. The summed E-state index contributed by atoms with van der Waals surface area (Å²) in [6.45, 7) is 5.12. The summed E-state index contributed by atoms with van der Waals surface area (Å²) in [5.41, 5.74) is 2.71. The molecule has 0 bridgehead atoms. The fourth-order valence-electron chi connectivity index (χ4n) is 2.89. The van der Waals surface area contributed by atoms with Gasteiger partial charge in [0.25, 0.3) is 0 Å². The van der Waals surface area contributed by atoms with Crippen molar-refractivity contribution in [3.63, 3.8) is 0 Å². The van der Waals surface area contributed by atoms with E-state index in [-0.39, 0.29) is 12.4 Å². The van der Waals surface area contributed by atoms with Crippen molar-refractivity contribution < 1.29 is 18.8 Å². The van der Waals surface area contributed by atoms with Gasteiger partial charge in [-0.2, -0.15) is 0 Å². The van der Waals surface area contributed by atoms with Gasteiger partial charge in [-0.15, -0.1) is 0 Å². The summed E-state index contributed by atoms with van der Waals surface area (Å²) in [5, 5.41) is 4.51. The molecule has 0 saturated carbocycles. The Morgan fingerprint density at radius 1 is 1.21 bits per heavy atom. The molecule has 0 unspecified atom stereocenters. The second kappa shape index (κ2) is 8.27. The van der Waals surface area contributed by atoms with E-state index in [0.29, 0.717) is 33.4 Å². The van der Waals surface area contributed by atoms with Crippen LogP contribution in [0.15, 0.2) is 47.0 Å². The molecular weight excluding hydrogens is 380 g/mol. The molecule has 3 rings (SSSR count). The van der Waals surface area contributed by atoms with Crippen LogP contribution in [0.3, 0.4) is 0 Å². The molecule has 0 saturated heterocycles. The summed E-state index contributed by atoms with van der Waals surface area (Å²) in [6.07, 6.45) is 2.80. The summed E-state index contributed by atoms with van der Waals surface area (Å²) < 4.78 is 12.0. The number of benzene rings is 1. The van der Waals surface area contributed by atoms with Gasteiger partial charge in [-0.3, -0.25) is 9.36 Å². The third kappa shape index (κ3) is 4.23. The Hall–Kier alpha value is -3.12. The SMILES string of the molecule is Cc1cc(-n2c(C)cc(C(=O)COC(=O)/C=C/c3ccccc3Cl)c2C)no1. The predicted molar refractivity (Wildman–Crippen MR) is 106 cm³/mol. The zero-order valence-corrected chi connectivity index (χ0v) is 16.5. The topological polar surface area (TPSA) is 74.3 Å². The van der Waals surface area contributed by atoms with Crippen LogP contribution < -0.4 is 0 Å². The number of hydrogen-bond acceptors (Lipinski definition) is 5. The smallest absolute Gasteiger partial charge is 0.331 e. The molecular formula is C21H19ClN2O4. The number of Topliss-reactive ketones (excluding diaryl/α,β-unsaturated/α-hetero) is 1. The minimum absolute atomic E-state index is 0.293. The standard InChI is InChI=1S/C21H19ClN2O4/c1-13-10-17(15(3)24(13)20-11-14(2)28-23-20)19(25)12-27-21(26)9-8-16-6-4-5-7-18(16)22/h4-11H,12H2,1-3H3/b9-8+. The van der Waals surface area contributed by atoms with Gasteiger partial charge in [0.05, 0.1) is 0 Å². The zero-order valence-electron chi connectivity index (χ0n) is 15.7. The number of carbonyl (C=O) groups is 2. The molecule has 28 heavy (non-hydrogen) atoms. The van der Waals surface area contributed by atoms with Crippen LogP contribution in [0.2, 0.25) is 5.02 Å². The van der Waals surface area contributed by atoms with E-state index in [9.17, 15) is 9.59 Å². The number of aryl methyl sites for hydroxylation is 2. The molecule has 0 fully saturated rings. The highest BCUT2D eigenvalue weighted by molar-refractivity contribution is 6.32. The van der Waals surface area contributed by atoms with E-state index in [4.69, 9.17) is 20.9 Å². The molecule has 0 N–H and O–H groups in total. The van der Waals surface area contributed by atoms with Gasteiger partial charge in [0.1, 0.15) is 5.76 Å². The minimum Gasteiger partial charge on any atom is -0.454 e. The maximum atomic E-state index is 12.5. The van der Waals surface area contributed by atoms with Crippen molar-refractivity contribution in [2.45, 2.75) is 20.8 Å². The molecule has 144 valence electrons. The first-order chi connectivity index (χ1) is 13.4. The van der Waals surface area contributed by atoms with E-state index in [1.165, 1.54) is 6.08 Å². The first-order valence-electron chi connectivity index (χ1n) is 8.62. The highest BCUT2D eigenvalue weighted by Crippen LogP contribution is 2.21. The van der Waals surface area contributed by atoms with Crippen LogP contribution in [-0.2, 0) is 9.53 Å². The molecule has 7 heteroatoms. The number of hydrogen-bond donors (Lipinski definition) is 0. The highest BCUT2D eigenvalue weighted by atomic mass is 35.5. The van der Waals surface area contributed by atoms with E-state index < -0.39 is 5.97 Å². The monoisotopic (exact) mass is 398 g/mol. The van der Waals surface area contributed by atoms with E-state index >= 15 is 0 Å². The molecule has 2 heterocycles. The third-order valence-corrected chi connectivity index (χ3v) is 4.57. The highest BCUT2D eigenvalue weighted by Gasteiger charge is 2.19. The molecule has 0 aliphatic heterocycles. The van der Waals surface area contributed by atoms with Crippen LogP contribution in [0.4, 0.5) is 0 Å². The maximum absolute atomic E-state index is 12.5. The largest absolute Gasteiger partial charge is 0.454 e. The average Bonchev–Trinajstić information content (AvgIpc) is 3.21. The van der Waals surface area contributed by atoms with Crippen molar-refractivity contribution in [3.8, 4) is 5.82 Å². The number of esters is 1. The van der Waals surface area contributed by atoms with Crippen LogP contribution in [-0.4, -0.2) is 28.1 Å². The third-order valence-electron chi connectivity index (χ3n) is 4.23. The van der Waals surface area contributed by atoms with Crippen molar-refractivity contribution in [1.29, 1.82) is 0 Å². The van der Waals surface area contributed by atoms with Gasteiger partial charge in [-0.05, 0) is 44.5 Å². The number of rotatable bonds is 6. The molecule has 1 aromatic carbocycles. The normalized spacial score (nSPS) is 11.1. The Kier molecular flexibility index (Phi) is 5.80. The number of ketones is 1. The lowest BCUT2D eigenvalue weighted by molar-refractivity contribution is -0.136. The van der Waals surface area contributed by atoms with E-state index in [0.717, 1.165) is 5.69 Å². The van der Waals surface area contributed by atoms with Crippen LogP contribution in [0.1, 0.15) is 33.1 Å². The van der Waals surface area contributed by atoms with Crippen LogP contribution >= 0.6 is 11.6 Å². The molecule has 0 atom stereocenters. The molecule has 0 aliphatic carbocycles. The predicted octanol–water partition coefficient (Wildman–Crippen LogP) is 4.48. The lowest BCUT2D eigenvalue weighted by atomic mass is 10.1. The lowest BCUT2D eigenvalue weighted by Crippen LogP contribution is -2.13. The van der Waals surface area contributed by atoms with Gasteiger partial charge in [0.2, 0.25) is 5.78 Å². The molecule has 6 nitrogen and oxygen atoms in total. The second-order valence-electron chi connectivity index (χ2n) is 6.30. The summed E-state index contributed by atoms with van der Waals surface area (Å²) in [7, 11) is 0. The number of nitrogens with zero attached hydrogens (tertiary/aromatic N) is 2. The number of carbonyl (C=O) groups excluding carboxylic acids is 2. The molecule has 0 aliphatic rings. The molecule has 0 spiro atoms. The summed E-state index contributed by atoms with van der Waals surface area (Å²) in [5.74, 6) is 0.370. The van der Waals surface area contributed by atoms with Crippen LogP contribution in [0.5, 0.6) is 0 Å².